The zero-order chi connectivity index (χ0) is 12.1. The molecule has 2 atom stereocenters. The van der Waals surface area contributed by atoms with Crippen molar-refractivity contribution in [3.05, 3.63) is 32.7 Å². The van der Waals surface area contributed by atoms with Crippen LogP contribution in [0.5, 0.6) is 0 Å². The lowest BCUT2D eigenvalue weighted by Crippen LogP contribution is -2.03. The van der Waals surface area contributed by atoms with Gasteiger partial charge >= 0.3 is 5.97 Å². The number of hydrogen-bond acceptors (Lipinski definition) is 1. The van der Waals surface area contributed by atoms with Crippen LogP contribution < -0.4 is 0 Å². The summed E-state index contributed by atoms with van der Waals surface area (Å²) in [5.74, 6) is -2.06. The van der Waals surface area contributed by atoms with Gasteiger partial charge in [-0.05, 0) is 23.8 Å². The molecule has 0 radical (unpaired) electrons. The molecule has 6 heteroatoms. The van der Waals surface area contributed by atoms with E-state index >= 15 is 0 Å². The third kappa shape index (κ3) is 2.13. The predicted molar refractivity (Wildman–Crippen MR) is 70.1 cm³/mol. The fourth-order valence-corrected chi connectivity index (χ4v) is 3.95. The summed E-state index contributed by atoms with van der Waals surface area (Å²) < 4.78 is 0.514. The average Bonchev–Trinajstić information content (AvgIpc) is 2.67. The average molecular weight is 389 g/mol. The molecule has 0 amide bonds. The first-order chi connectivity index (χ1) is 7.34. The second kappa shape index (κ2) is 4.16. The Morgan fingerprint density at radius 1 is 1.25 bits per heavy atom. The number of halogens is 4. The van der Waals surface area contributed by atoms with Crippen LogP contribution in [-0.4, -0.2) is 15.4 Å². The Morgan fingerprint density at radius 3 is 2.12 bits per heavy atom. The molecule has 2 nitrogen and oxygen atoms in total. The van der Waals surface area contributed by atoms with Crippen molar-refractivity contribution in [3.63, 3.8) is 0 Å². The van der Waals surface area contributed by atoms with Gasteiger partial charge < -0.3 is 5.11 Å². The summed E-state index contributed by atoms with van der Waals surface area (Å²) in [5.41, 5.74) is 0.818. The smallest absolute Gasteiger partial charge is 0.310 e. The zero-order valence-electron chi connectivity index (χ0n) is 7.75. The second-order valence-corrected chi connectivity index (χ2v) is 6.95. The van der Waals surface area contributed by atoms with Crippen LogP contribution in [0.4, 0.5) is 0 Å². The molecule has 1 saturated carbocycles. The second-order valence-electron chi connectivity index (χ2n) is 3.67. The lowest BCUT2D eigenvalue weighted by molar-refractivity contribution is -0.138. The molecule has 1 aliphatic rings. The van der Waals surface area contributed by atoms with Gasteiger partial charge in [-0.15, -0.1) is 0 Å². The minimum absolute atomic E-state index is 0.359. The lowest BCUT2D eigenvalue weighted by Gasteiger charge is -2.02. The van der Waals surface area contributed by atoms with Crippen LogP contribution in [0.3, 0.4) is 0 Å². The van der Waals surface area contributed by atoms with Crippen molar-refractivity contribution in [1.29, 1.82) is 0 Å². The van der Waals surface area contributed by atoms with E-state index in [9.17, 15) is 4.79 Å². The molecule has 1 aliphatic carbocycles. The van der Waals surface area contributed by atoms with Crippen LogP contribution in [0.2, 0.25) is 0 Å². The number of carbonyl (C=O) groups is 1. The summed E-state index contributed by atoms with van der Waals surface area (Å²) >= 11 is 18.6. The van der Waals surface area contributed by atoms with E-state index in [0.717, 1.165) is 14.5 Å². The molecular formula is C10H6Br2Cl2O2. The summed E-state index contributed by atoms with van der Waals surface area (Å²) in [7, 11) is 0. The topological polar surface area (TPSA) is 37.3 Å². The highest BCUT2D eigenvalue weighted by Crippen LogP contribution is 2.65. The van der Waals surface area contributed by atoms with Crippen LogP contribution in [0, 0.1) is 5.92 Å². The molecule has 1 aromatic carbocycles. The zero-order valence-corrected chi connectivity index (χ0v) is 12.4. The van der Waals surface area contributed by atoms with Crippen LogP contribution in [0.1, 0.15) is 11.5 Å². The summed E-state index contributed by atoms with van der Waals surface area (Å²) in [6, 6.07) is 5.53. The van der Waals surface area contributed by atoms with Gasteiger partial charge in [-0.1, -0.05) is 55.1 Å². The number of benzene rings is 1. The van der Waals surface area contributed by atoms with E-state index in [-0.39, 0.29) is 5.92 Å². The minimum Gasteiger partial charge on any atom is -0.481 e. The first-order valence-corrected chi connectivity index (χ1v) is 6.75. The van der Waals surface area contributed by atoms with Crippen LogP contribution >= 0.6 is 55.1 Å². The van der Waals surface area contributed by atoms with Crippen molar-refractivity contribution < 1.29 is 9.90 Å². The van der Waals surface area contributed by atoms with Gasteiger partial charge in [0.1, 0.15) is 4.33 Å². The maximum absolute atomic E-state index is 10.9. The van der Waals surface area contributed by atoms with E-state index < -0.39 is 16.2 Å². The number of hydrogen-bond donors (Lipinski definition) is 1. The van der Waals surface area contributed by atoms with Crippen LogP contribution in [0.15, 0.2) is 27.1 Å². The molecule has 1 fully saturated rings. The van der Waals surface area contributed by atoms with Gasteiger partial charge in [0, 0.05) is 14.9 Å². The molecule has 0 heterocycles. The molecule has 0 bridgehead atoms. The molecule has 1 N–H and O–H groups in total. The van der Waals surface area contributed by atoms with Crippen LogP contribution in [0.25, 0.3) is 0 Å². The molecule has 86 valence electrons. The quantitative estimate of drug-likeness (QED) is 0.771. The number of carboxylic acids is 1. The maximum Gasteiger partial charge on any atom is 0.310 e. The lowest BCUT2D eigenvalue weighted by atomic mass is 10.1. The molecular weight excluding hydrogens is 383 g/mol. The third-order valence-corrected chi connectivity index (χ3v) is 4.42. The first kappa shape index (κ1) is 12.7. The Morgan fingerprint density at radius 2 is 1.75 bits per heavy atom. The number of aliphatic carboxylic acids is 1. The highest BCUT2D eigenvalue weighted by Gasteiger charge is 2.68. The first-order valence-electron chi connectivity index (χ1n) is 4.40. The van der Waals surface area contributed by atoms with Crippen molar-refractivity contribution in [2.24, 2.45) is 5.92 Å². The van der Waals surface area contributed by atoms with Crippen molar-refractivity contribution in [2.45, 2.75) is 10.3 Å². The van der Waals surface area contributed by atoms with E-state index in [1.807, 2.05) is 18.2 Å². The maximum atomic E-state index is 10.9. The molecule has 2 unspecified atom stereocenters. The standard InChI is InChI=1S/C10H6Br2Cl2O2/c11-5-1-4(2-6(12)3-5)7-8(9(15)16)10(7,13)14/h1-3,7-8H,(H,15,16). The molecule has 16 heavy (non-hydrogen) atoms. The Balaban J connectivity index is 2.37. The van der Waals surface area contributed by atoms with Gasteiger partial charge in [0.25, 0.3) is 0 Å². The van der Waals surface area contributed by atoms with Gasteiger partial charge in [-0.25, -0.2) is 0 Å². The highest BCUT2D eigenvalue weighted by atomic mass is 79.9. The van der Waals surface area contributed by atoms with Crippen molar-refractivity contribution in [1.82, 2.24) is 0 Å². The van der Waals surface area contributed by atoms with E-state index in [2.05, 4.69) is 31.9 Å². The normalized spacial score (nSPS) is 26.5. The van der Waals surface area contributed by atoms with E-state index in [4.69, 9.17) is 28.3 Å². The Bertz CT molecular complexity index is 442. The van der Waals surface area contributed by atoms with Gasteiger partial charge in [-0.3, -0.25) is 4.79 Å². The largest absolute Gasteiger partial charge is 0.481 e. The molecule has 0 saturated heterocycles. The highest BCUT2D eigenvalue weighted by molar-refractivity contribution is 9.11. The molecule has 1 aromatic rings. The van der Waals surface area contributed by atoms with Crippen molar-refractivity contribution in [3.8, 4) is 0 Å². The van der Waals surface area contributed by atoms with Crippen LogP contribution in [-0.2, 0) is 4.79 Å². The minimum atomic E-state index is -1.20. The van der Waals surface area contributed by atoms with Gasteiger partial charge in [0.2, 0.25) is 0 Å². The fourth-order valence-electron chi connectivity index (χ4n) is 1.80. The number of rotatable bonds is 2. The molecule has 2 rings (SSSR count). The van der Waals surface area contributed by atoms with E-state index in [0.29, 0.717) is 0 Å². The summed E-state index contributed by atoms with van der Waals surface area (Å²) in [6.45, 7) is 0. The predicted octanol–water partition coefficient (Wildman–Crippen LogP) is 4.18. The number of alkyl halides is 2. The van der Waals surface area contributed by atoms with Crippen molar-refractivity contribution in [2.75, 3.05) is 0 Å². The Labute approximate surface area is 119 Å². The molecule has 0 aromatic heterocycles. The van der Waals surface area contributed by atoms with Crippen molar-refractivity contribution >= 4 is 61.0 Å². The fraction of sp³-hybridized carbons (Fsp3) is 0.300. The third-order valence-electron chi connectivity index (χ3n) is 2.56. The van der Waals surface area contributed by atoms with E-state index in [1.165, 1.54) is 0 Å². The number of carboxylic acid groups (broad SMARTS) is 1. The summed E-state index contributed by atoms with van der Waals surface area (Å²) in [4.78, 5) is 10.9. The molecule has 0 spiro atoms. The Hall–Kier alpha value is 0.230. The SMILES string of the molecule is O=C(O)C1C(c2cc(Br)cc(Br)c2)C1(Cl)Cl. The molecule has 0 aliphatic heterocycles. The monoisotopic (exact) mass is 386 g/mol. The van der Waals surface area contributed by atoms with Gasteiger partial charge in [0.15, 0.2) is 0 Å². The van der Waals surface area contributed by atoms with Gasteiger partial charge in [0.05, 0.1) is 5.92 Å². The van der Waals surface area contributed by atoms with E-state index in [1.54, 1.807) is 0 Å². The summed E-state index contributed by atoms with van der Waals surface area (Å²) in [5, 5.41) is 8.97. The van der Waals surface area contributed by atoms with Gasteiger partial charge in [-0.2, -0.15) is 0 Å². The Kier molecular flexibility index (Phi) is 3.30. The summed E-state index contributed by atoms with van der Waals surface area (Å²) in [6.07, 6.45) is 0.